The van der Waals surface area contributed by atoms with Crippen molar-refractivity contribution in [3.8, 4) is 0 Å². The third-order valence-electron chi connectivity index (χ3n) is 5.38. The number of hydrogen-bond acceptors (Lipinski definition) is 3. The Balaban J connectivity index is 1.72. The maximum absolute atomic E-state index is 5.45. The van der Waals surface area contributed by atoms with Gasteiger partial charge in [-0.15, -0.1) is 0 Å². The van der Waals surface area contributed by atoms with Gasteiger partial charge >= 0.3 is 0 Å². The average Bonchev–Trinajstić information content (AvgIpc) is 3.01. The Morgan fingerprint density at radius 3 is 2.71 bits per heavy atom. The van der Waals surface area contributed by atoms with Crippen molar-refractivity contribution < 1.29 is 4.74 Å². The standard InChI is InChI=1S/C19H38N4O/c1-16(2)15-23-10-5-6-18(23)14-21-19(20-3)22(4)11-7-17-8-12-24-13-9-17/h16-18H,5-15H2,1-4H3,(H,20,21)/t18-/m1/s1. The molecule has 2 aliphatic heterocycles. The van der Waals surface area contributed by atoms with Gasteiger partial charge in [-0.05, 0) is 50.5 Å². The van der Waals surface area contributed by atoms with E-state index in [-0.39, 0.29) is 0 Å². The molecule has 24 heavy (non-hydrogen) atoms. The fraction of sp³-hybridized carbons (Fsp3) is 0.947. The molecule has 0 aromatic rings. The van der Waals surface area contributed by atoms with Crippen molar-refractivity contribution in [3.05, 3.63) is 0 Å². The quantitative estimate of drug-likeness (QED) is 0.572. The Bertz CT molecular complexity index is 380. The van der Waals surface area contributed by atoms with Crippen molar-refractivity contribution >= 4 is 5.96 Å². The van der Waals surface area contributed by atoms with Gasteiger partial charge in [-0.25, -0.2) is 0 Å². The Kier molecular flexibility index (Phi) is 8.33. The van der Waals surface area contributed by atoms with Gasteiger partial charge in [-0.1, -0.05) is 13.8 Å². The second-order valence-electron chi connectivity index (χ2n) is 7.88. The lowest BCUT2D eigenvalue weighted by atomic mass is 9.96. The number of nitrogens with one attached hydrogen (secondary N) is 1. The van der Waals surface area contributed by atoms with E-state index in [4.69, 9.17) is 4.74 Å². The van der Waals surface area contributed by atoms with Gasteiger partial charge in [-0.2, -0.15) is 0 Å². The summed E-state index contributed by atoms with van der Waals surface area (Å²) in [4.78, 5) is 9.42. The van der Waals surface area contributed by atoms with Crippen LogP contribution in [0.1, 0.15) is 46.0 Å². The first-order valence-electron chi connectivity index (χ1n) is 9.83. The molecule has 0 saturated carbocycles. The molecule has 0 spiro atoms. The molecule has 0 aliphatic carbocycles. The van der Waals surface area contributed by atoms with Crippen molar-refractivity contribution in [1.82, 2.24) is 15.1 Å². The minimum atomic E-state index is 0.660. The van der Waals surface area contributed by atoms with E-state index in [0.717, 1.165) is 44.1 Å². The molecule has 2 fully saturated rings. The van der Waals surface area contributed by atoms with Gasteiger partial charge < -0.3 is 15.0 Å². The van der Waals surface area contributed by atoms with Gasteiger partial charge in [0.1, 0.15) is 0 Å². The number of likely N-dealkylation sites (tertiary alicyclic amines) is 1. The van der Waals surface area contributed by atoms with Gasteiger partial charge in [0.25, 0.3) is 0 Å². The molecule has 0 aromatic carbocycles. The van der Waals surface area contributed by atoms with E-state index in [1.807, 2.05) is 7.05 Å². The number of guanidine groups is 1. The topological polar surface area (TPSA) is 40.1 Å². The van der Waals surface area contributed by atoms with Gasteiger partial charge in [0.2, 0.25) is 0 Å². The largest absolute Gasteiger partial charge is 0.381 e. The Morgan fingerprint density at radius 1 is 1.29 bits per heavy atom. The van der Waals surface area contributed by atoms with Gasteiger partial charge in [0.15, 0.2) is 5.96 Å². The van der Waals surface area contributed by atoms with Crippen LogP contribution in [-0.4, -0.2) is 75.3 Å². The fourth-order valence-electron chi connectivity index (χ4n) is 3.95. The Labute approximate surface area is 148 Å². The first-order valence-corrected chi connectivity index (χ1v) is 9.83. The zero-order valence-electron chi connectivity index (χ0n) is 16.3. The summed E-state index contributed by atoms with van der Waals surface area (Å²) in [5.74, 6) is 2.60. The Morgan fingerprint density at radius 2 is 2.04 bits per heavy atom. The lowest BCUT2D eigenvalue weighted by molar-refractivity contribution is 0.0625. The lowest BCUT2D eigenvalue weighted by Crippen LogP contribution is -2.46. The number of rotatable bonds is 7. The molecule has 2 aliphatic rings. The van der Waals surface area contributed by atoms with Crippen molar-refractivity contribution in [1.29, 1.82) is 0 Å². The normalized spacial score (nSPS) is 23.9. The summed E-state index contributed by atoms with van der Waals surface area (Å²) >= 11 is 0. The maximum Gasteiger partial charge on any atom is 0.193 e. The lowest BCUT2D eigenvalue weighted by Gasteiger charge is -2.30. The highest BCUT2D eigenvalue weighted by atomic mass is 16.5. The van der Waals surface area contributed by atoms with Crippen LogP contribution in [0.15, 0.2) is 4.99 Å². The second-order valence-corrected chi connectivity index (χ2v) is 7.88. The van der Waals surface area contributed by atoms with Crippen molar-refractivity contribution in [3.63, 3.8) is 0 Å². The van der Waals surface area contributed by atoms with Crippen LogP contribution in [0.5, 0.6) is 0 Å². The number of ether oxygens (including phenoxy) is 1. The Hall–Kier alpha value is -0.810. The zero-order chi connectivity index (χ0) is 17.4. The third-order valence-corrected chi connectivity index (χ3v) is 5.38. The number of aliphatic imine (C=N–C) groups is 1. The highest BCUT2D eigenvalue weighted by Crippen LogP contribution is 2.19. The third kappa shape index (κ3) is 6.25. The summed E-state index contributed by atoms with van der Waals surface area (Å²) in [7, 11) is 4.06. The molecule has 2 heterocycles. The van der Waals surface area contributed by atoms with E-state index < -0.39 is 0 Å². The zero-order valence-corrected chi connectivity index (χ0v) is 16.3. The summed E-state index contributed by atoms with van der Waals surface area (Å²) in [6, 6.07) is 0.660. The molecule has 0 amide bonds. The van der Waals surface area contributed by atoms with E-state index in [1.54, 1.807) is 0 Å². The van der Waals surface area contributed by atoms with E-state index in [9.17, 15) is 0 Å². The second kappa shape index (κ2) is 10.2. The molecule has 0 aromatic heterocycles. The van der Waals surface area contributed by atoms with E-state index in [1.165, 1.54) is 45.2 Å². The minimum Gasteiger partial charge on any atom is -0.381 e. The summed E-state index contributed by atoms with van der Waals surface area (Å²) in [5, 5.41) is 3.61. The maximum atomic E-state index is 5.45. The molecule has 5 heteroatoms. The monoisotopic (exact) mass is 338 g/mol. The summed E-state index contributed by atoms with van der Waals surface area (Å²) < 4.78 is 5.45. The molecule has 0 radical (unpaired) electrons. The van der Waals surface area contributed by atoms with Crippen LogP contribution in [0.4, 0.5) is 0 Å². The number of hydrogen-bond donors (Lipinski definition) is 1. The van der Waals surface area contributed by atoms with Crippen molar-refractivity contribution in [2.24, 2.45) is 16.8 Å². The molecule has 0 bridgehead atoms. The smallest absolute Gasteiger partial charge is 0.193 e. The predicted molar refractivity (Wildman–Crippen MR) is 102 cm³/mol. The molecule has 2 saturated heterocycles. The van der Waals surface area contributed by atoms with Crippen molar-refractivity contribution in [2.75, 3.05) is 53.5 Å². The van der Waals surface area contributed by atoms with E-state index in [0.29, 0.717) is 6.04 Å². The molecule has 1 atom stereocenters. The first kappa shape index (κ1) is 19.5. The summed E-state index contributed by atoms with van der Waals surface area (Å²) in [6.07, 6.45) is 6.31. The fourth-order valence-corrected chi connectivity index (χ4v) is 3.95. The van der Waals surface area contributed by atoms with Crippen LogP contribution in [0.25, 0.3) is 0 Å². The van der Waals surface area contributed by atoms with Crippen LogP contribution in [0, 0.1) is 11.8 Å². The van der Waals surface area contributed by atoms with Gasteiger partial charge in [-0.3, -0.25) is 9.89 Å². The van der Waals surface area contributed by atoms with Crippen LogP contribution < -0.4 is 5.32 Å². The average molecular weight is 339 g/mol. The summed E-state index contributed by atoms with van der Waals surface area (Å²) in [5.41, 5.74) is 0. The SMILES string of the molecule is CN=C(NC[C@H]1CCCN1CC(C)C)N(C)CCC1CCOCC1. The molecule has 2 rings (SSSR count). The van der Waals surface area contributed by atoms with Crippen LogP contribution in [0.3, 0.4) is 0 Å². The summed E-state index contributed by atoms with van der Waals surface area (Å²) in [6.45, 7) is 11.1. The van der Waals surface area contributed by atoms with Gasteiger partial charge in [0, 0.05) is 53.0 Å². The molecule has 0 unspecified atom stereocenters. The van der Waals surface area contributed by atoms with Crippen LogP contribution in [-0.2, 0) is 4.74 Å². The van der Waals surface area contributed by atoms with E-state index in [2.05, 4.69) is 41.0 Å². The van der Waals surface area contributed by atoms with Crippen LogP contribution in [0.2, 0.25) is 0 Å². The number of nitrogens with zero attached hydrogens (tertiary/aromatic N) is 3. The minimum absolute atomic E-state index is 0.660. The molecular formula is C19H38N4O. The molecule has 140 valence electrons. The highest BCUT2D eigenvalue weighted by molar-refractivity contribution is 5.79. The molecule has 1 N–H and O–H groups in total. The van der Waals surface area contributed by atoms with Crippen LogP contribution >= 0.6 is 0 Å². The predicted octanol–water partition coefficient (Wildman–Crippen LogP) is 2.43. The van der Waals surface area contributed by atoms with Crippen molar-refractivity contribution in [2.45, 2.75) is 52.0 Å². The first-order chi connectivity index (χ1) is 11.6. The van der Waals surface area contributed by atoms with E-state index >= 15 is 0 Å². The molecule has 5 nitrogen and oxygen atoms in total. The highest BCUT2D eigenvalue weighted by Gasteiger charge is 2.25. The van der Waals surface area contributed by atoms with Gasteiger partial charge in [0.05, 0.1) is 0 Å². The molecular weight excluding hydrogens is 300 g/mol.